The van der Waals surface area contributed by atoms with Gasteiger partial charge in [-0.2, -0.15) is 0 Å². The Labute approximate surface area is 104 Å². The summed E-state index contributed by atoms with van der Waals surface area (Å²) in [7, 11) is 0. The fraction of sp³-hybridized carbons (Fsp3) is 0.500. The zero-order valence-electron chi connectivity index (χ0n) is 10.9. The summed E-state index contributed by atoms with van der Waals surface area (Å²) in [5.74, 6) is 0.182. The van der Waals surface area contributed by atoms with Crippen LogP contribution in [0.15, 0.2) is 30.3 Å². The van der Waals surface area contributed by atoms with Crippen molar-refractivity contribution in [2.75, 3.05) is 18.4 Å². The van der Waals surface area contributed by atoms with Crippen LogP contribution in [0.2, 0.25) is 0 Å². The Kier molecular flexibility index (Phi) is 5.53. The van der Waals surface area contributed by atoms with Crippen molar-refractivity contribution in [1.82, 2.24) is 4.90 Å². The molecule has 1 rings (SSSR count). The highest BCUT2D eigenvalue weighted by Crippen LogP contribution is 2.10. The Balaban J connectivity index is 2.68. The van der Waals surface area contributed by atoms with Gasteiger partial charge in [0.05, 0.1) is 0 Å². The molecule has 17 heavy (non-hydrogen) atoms. The lowest BCUT2D eigenvalue weighted by Gasteiger charge is -2.25. The van der Waals surface area contributed by atoms with E-state index in [0.717, 1.165) is 25.2 Å². The highest BCUT2D eigenvalue weighted by molar-refractivity contribution is 5.84. The smallest absolute Gasteiger partial charge is 0.245 e. The van der Waals surface area contributed by atoms with E-state index in [1.807, 2.05) is 56.0 Å². The molecule has 1 aromatic rings. The molecule has 0 aliphatic carbocycles. The number of hydrogen-bond donors (Lipinski definition) is 1. The standard InChI is InChI=1S/C14H22N2O/c1-4-13(14(17)16(5-2)6-3)15-12-10-8-7-9-11-12/h7-11,13,15H,4-6H2,1-3H3. The van der Waals surface area contributed by atoms with Crippen LogP contribution in [0.3, 0.4) is 0 Å². The van der Waals surface area contributed by atoms with Crippen molar-refractivity contribution in [3.05, 3.63) is 30.3 Å². The lowest BCUT2D eigenvalue weighted by Crippen LogP contribution is -2.42. The average Bonchev–Trinajstić information content (AvgIpc) is 2.38. The van der Waals surface area contributed by atoms with Crippen LogP contribution in [0.1, 0.15) is 27.2 Å². The van der Waals surface area contributed by atoms with Gasteiger partial charge in [0.1, 0.15) is 6.04 Å². The van der Waals surface area contributed by atoms with Crippen molar-refractivity contribution in [1.29, 1.82) is 0 Å². The van der Waals surface area contributed by atoms with E-state index in [2.05, 4.69) is 5.32 Å². The van der Waals surface area contributed by atoms with Crippen molar-refractivity contribution in [2.24, 2.45) is 0 Å². The molecule has 0 spiro atoms. The maximum absolute atomic E-state index is 12.2. The van der Waals surface area contributed by atoms with Crippen LogP contribution in [-0.2, 0) is 4.79 Å². The number of anilines is 1. The summed E-state index contributed by atoms with van der Waals surface area (Å²) in [6.45, 7) is 7.58. The molecule has 3 heteroatoms. The zero-order valence-corrected chi connectivity index (χ0v) is 10.9. The molecule has 0 fully saturated rings. The molecule has 1 unspecified atom stereocenters. The zero-order chi connectivity index (χ0) is 12.7. The predicted octanol–water partition coefficient (Wildman–Crippen LogP) is 2.75. The molecule has 0 saturated heterocycles. The van der Waals surface area contributed by atoms with Crippen molar-refractivity contribution in [3.8, 4) is 0 Å². The molecule has 0 radical (unpaired) electrons. The normalized spacial score (nSPS) is 11.9. The lowest BCUT2D eigenvalue weighted by atomic mass is 10.1. The van der Waals surface area contributed by atoms with E-state index in [0.29, 0.717) is 0 Å². The molecular weight excluding hydrogens is 212 g/mol. The van der Waals surface area contributed by atoms with Gasteiger partial charge in [-0.15, -0.1) is 0 Å². The second kappa shape index (κ2) is 6.94. The Hall–Kier alpha value is -1.51. The van der Waals surface area contributed by atoms with Gasteiger partial charge < -0.3 is 10.2 Å². The fourth-order valence-corrected chi connectivity index (χ4v) is 1.83. The molecule has 0 saturated carbocycles. The molecule has 94 valence electrons. The third kappa shape index (κ3) is 3.77. The molecule has 3 nitrogen and oxygen atoms in total. The van der Waals surface area contributed by atoms with E-state index in [1.54, 1.807) is 0 Å². The van der Waals surface area contributed by atoms with Crippen molar-refractivity contribution >= 4 is 11.6 Å². The van der Waals surface area contributed by atoms with Gasteiger partial charge in [0.2, 0.25) is 5.91 Å². The summed E-state index contributed by atoms with van der Waals surface area (Å²) in [5.41, 5.74) is 1.000. The van der Waals surface area contributed by atoms with E-state index >= 15 is 0 Å². The van der Waals surface area contributed by atoms with Crippen LogP contribution in [0.5, 0.6) is 0 Å². The first-order valence-electron chi connectivity index (χ1n) is 6.33. The van der Waals surface area contributed by atoms with Gasteiger partial charge in [-0.3, -0.25) is 4.79 Å². The molecule has 0 aliphatic heterocycles. The Morgan fingerprint density at radius 1 is 1.18 bits per heavy atom. The number of carbonyl (C=O) groups excluding carboxylic acids is 1. The minimum absolute atomic E-state index is 0.128. The van der Waals surface area contributed by atoms with Crippen molar-refractivity contribution in [2.45, 2.75) is 33.2 Å². The molecule has 1 aromatic carbocycles. The van der Waals surface area contributed by atoms with Crippen molar-refractivity contribution in [3.63, 3.8) is 0 Å². The van der Waals surface area contributed by atoms with E-state index in [1.165, 1.54) is 0 Å². The molecule has 1 N–H and O–H groups in total. The maximum atomic E-state index is 12.2. The van der Waals surface area contributed by atoms with E-state index < -0.39 is 0 Å². The number of rotatable bonds is 6. The number of para-hydroxylation sites is 1. The molecule has 0 aromatic heterocycles. The maximum Gasteiger partial charge on any atom is 0.245 e. The van der Waals surface area contributed by atoms with Gasteiger partial charge in [-0.05, 0) is 32.4 Å². The van der Waals surface area contributed by atoms with Crippen LogP contribution in [0.4, 0.5) is 5.69 Å². The van der Waals surface area contributed by atoms with Gasteiger partial charge in [0, 0.05) is 18.8 Å². The van der Waals surface area contributed by atoms with Crippen molar-refractivity contribution < 1.29 is 4.79 Å². The van der Waals surface area contributed by atoms with Gasteiger partial charge in [-0.25, -0.2) is 0 Å². The minimum Gasteiger partial charge on any atom is -0.374 e. The van der Waals surface area contributed by atoms with E-state index in [9.17, 15) is 4.79 Å². The second-order valence-electron chi connectivity index (χ2n) is 3.98. The number of nitrogens with zero attached hydrogens (tertiary/aromatic N) is 1. The van der Waals surface area contributed by atoms with Crippen LogP contribution in [0, 0.1) is 0 Å². The lowest BCUT2D eigenvalue weighted by molar-refractivity contribution is -0.131. The Morgan fingerprint density at radius 3 is 2.24 bits per heavy atom. The molecule has 0 heterocycles. The van der Waals surface area contributed by atoms with E-state index in [4.69, 9.17) is 0 Å². The summed E-state index contributed by atoms with van der Waals surface area (Å²) in [4.78, 5) is 14.1. The second-order valence-corrected chi connectivity index (χ2v) is 3.98. The van der Waals surface area contributed by atoms with Gasteiger partial charge >= 0.3 is 0 Å². The van der Waals surface area contributed by atoms with Gasteiger partial charge in [0.25, 0.3) is 0 Å². The van der Waals surface area contributed by atoms with Crippen LogP contribution >= 0.6 is 0 Å². The molecule has 1 amide bonds. The summed E-state index contributed by atoms with van der Waals surface area (Å²) >= 11 is 0. The Morgan fingerprint density at radius 2 is 1.76 bits per heavy atom. The highest BCUT2D eigenvalue weighted by Gasteiger charge is 2.20. The SMILES string of the molecule is CCC(Nc1ccccc1)C(=O)N(CC)CC. The summed E-state index contributed by atoms with van der Waals surface area (Å²) in [6, 6.07) is 9.75. The average molecular weight is 234 g/mol. The summed E-state index contributed by atoms with van der Waals surface area (Å²) in [6.07, 6.45) is 0.796. The number of nitrogens with one attached hydrogen (secondary N) is 1. The first kappa shape index (κ1) is 13.6. The van der Waals surface area contributed by atoms with Gasteiger partial charge in [-0.1, -0.05) is 25.1 Å². The number of hydrogen-bond acceptors (Lipinski definition) is 2. The minimum atomic E-state index is -0.128. The van der Waals surface area contributed by atoms with Crippen LogP contribution < -0.4 is 5.32 Å². The first-order valence-corrected chi connectivity index (χ1v) is 6.33. The van der Waals surface area contributed by atoms with E-state index in [-0.39, 0.29) is 11.9 Å². The molecule has 0 aliphatic rings. The fourth-order valence-electron chi connectivity index (χ4n) is 1.83. The Bertz CT molecular complexity index is 333. The summed E-state index contributed by atoms with van der Waals surface area (Å²) in [5, 5.41) is 3.29. The third-order valence-electron chi connectivity index (χ3n) is 2.90. The molecule has 0 bridgehead atoms. The number of likely N-dealkylation sites (N-methyl/N-ethyl adjacent to an activating group) is 1. The van der Waals surface area contributed by atoms with Crippen LogP contribution in [-0.4, -0.2) is 29.9 Å². The van der Waals surface area contributed by atoms with Crippen LogP contribution in [0.25, 0.3) is 0 Å². The van der Waals surface area contributed by atoms with Gasteiger partial charge in [0.15, 0.2) is 0 Å². The third-order valence-corrected chi connectivity index (χ3v) is 2.90. The molecule has 1 atom stereocenters. The number of carbonyl (C=O) groups is 1. The summed E-state index contributed by atoms with van der Waals surface area (Å²) < 4.78 is 0. The quantitative estimate of drug-likeness (QED) is 0.821. The number of benzene rings is 1. The predicted molar refractivity (Wildman–Crippen MR) is 72.1 cm³/mol. The largest absolute Gasteiger partial charge is 0.374 e. The highest BCUT2D eigenvalue weighted by atomic mass is 16.2. The molecular formula is C14H22N2O. The monoisotopic (exact) mass is 234 g/mol. The topological polar surface area (TPSA) is 32.3 Å². The first-order chi connectivity index (χ1) is 8.22. The number of amides is 1.